The second kappa shape index (κ2) is 7.07. The minimum absolute atomic E-state index is 0.00301. The molecule has 0 saturated carbocycles. The lowest BCUT2D eigenvalue weighted by Crippen LogP contribution is -3.20. The Morgan fingerprint density at radius 3 is 2.68 bits per heavy atom. The number of piperazine rings is 1. The van der Waals surface area contributed by atoms with Gasteiger partial charge in [-0.25, -0.2) is 4.58 Å². The van der Waals surface area contributed by atoms with Crippen molar-refractivity contribution in [2.24, 2.45) is 5.92 Å². The number of hydrogen-bond acceptors (Lipinski definition) is 7. The average Bonchev–Trinajstić information content (AvgIpc) is 3.02. The quantitative estimate of drug-likeness (QED) is 0.323. The SMILES string of the molecule is COC1=C(C)C(=O)C2=C(C1=O)C(CO)N1C(C#N)C3CC4C=[N+](CCO)C2C1C4[NH+]3C. The Balaban J connectivity index is 1.80. The van der Waals surface area contributed by atoms with Gasteiger partial charge in [-0.3, -0.25) is 14.5 Å². The summed E-state index contributed by atoms with van der Waals surface area (Å²) in [4.78, 5) is 30.3. The summed E-state index contributed by atoms with van der Waals surface area (Å²) in [6.45, 7) is 1.48. The van der Waals surface area contributed by atoms with Crippen LogP contribution >= 0.6 is 0 Å². The van der Waals surface area contributed by atoms with E-state index < -0.39 is 23.9 Å². The van der Waals surface area contributed by atoms with E-state index in [0.717, 1.165) is 6.42 Å². The molecule has 2 bridgehead atoms. The smallest absolute Gasteiger partial charge is 0.226 e. The van der Waals surface area contributed by atoms with E-state index in [9.17, 15) is 25.1 Å². The topological polar surface area (TPSA) is 118 Å². The van der Waals surface area contributed by atoms with Gasteiger partial charge in [0.05, 0.1) is 44.4 Å². The van der Waals surface area contributed by atoms with E-state index in [1.807, 2.05) is 9.48 Å². The molecule has 5 aliphatic rings. The fourth-order valence-electron chi connectivity index (χ4n) is 7.01. The Morgan fingerprint density at radius 1 is 1.32 bits per heavy atom. The molecule has 9 nitrogen and oxygen atoms in total. The van der Waals surface area contributed by atoms with Gasteiger partial charge in [-0.2, -0.15) is 5.26 Å². The highest BCUT2D eigenvalue weighted by molar-refractivity contribution is 6.25. The predicted molar refractivity (Wildman–Crippen MR) is 107 cm³/mol. The minimum atomic E-state index is -0.735. The highest BCUT2D eigenvalue weighted by atomic mass is 16.5. The van der Waals surface area contributed by atoms with Crippen molar-refractivity contribution >= 4 is 17.8 Å². The van der Waals surface area contributed by atoms with Crippen LogP contribution in [0.25, 0.3) is 0 Å². The first-order valence-electron chi connectivity index (χ1n) is 10.8. The molecular formula is C22H28N4O5+2. The second-order valence-electron chi connectivity index (χ2n) is 9.19. The van der Waals surface area contributed by atoms with Crippen LogP contribution in [0.3, 0.4) is 0 Å². The van der Waals surface area contributed by atoms with Crippen molar-refractivity contribution in [2.45, 2.75) is 49.6 Å². The summed E-state index contributed by atoms with van der Waals surface area (Å²) in [5.74, 6) is -0.437. The number of fused-ring (bicyclic) bond motifs is 2. The van der Waals surface area contributed by atoms with Crippen LogP contribution in [0.15, 0.2) is 22.5 Å². The van der Waals surface area contributed by atoms with Crippen LogP contribution in [0.1, 0.15) is 13.3 Å². The molecule has 8 atom stereocenters. The maximum atomic E-state index is 13.6. The summed E-state index contributed by atoms with van der Waals surface area (Å²) in [6.07, 6.45) is 2.93. The number of ketones is 2. The summed E-state index contributed by atoms with van der Waals surface area (Å²) in [6, 6.07) is 0.753. The highest BCUT2D eigenvalue weighted by Crippen LogP contribution is 2.45. The van der Waals surface area contributed by atoms with Gasteiger partial charge in [0.15, 0.2) is 24.1 Å². The van der Waals surface area contributed by atoms with Crippen LogP contribution in [0.4, 0.5) is 0 Å². The number of ether oxygens (including phenoxy) is 1. The third-order valence-corrected chi connectivity index (χ3v) is 8.10. The summed E-state index contributed by atoms with van der Waals surface area (Å²) in [5, 5.41) is 30.3. The Hall–Kier alpha value is -2.38. The maximum absolute atomic E-state index is 13.6. The molecule has 9 heteroatoms. The van der Waals surface area contributed by atoms with E-state index in [-0.39, 0.29) is 59.9 Å². The summed E-state index contributed by atoms with van der Waals surface area (Å²) >= 11 is 0. The normalized spacial score (nSPS) is 41.2. The average molecular weight is 428 g/mol. The molecule has 2 saturated heterocycles. The number of aliphatic hydroxyl groups excluding tert-OH is 2. The molecule has 0 aromatic rings. The van der Waals surface area contributed by atoms with Crippen molar-refractivity contribution in [1.29, 1.82) is 5.26 Å². The lowest BCUT2D eigenvalue weighted by Gasteiger charge is -2.54. The van der Waals surface area contributed by atoms with Crippen LogP contribution in [-0.2, 0) is 14.3 Å². The minimum Gasteiger partial charge on any atom is -0.492 e. The number of β-amino-alcohol motifs (C(OH)–C–C–N with tert-alkyl or cyclic N) is 1. The van der Waals surface area contributed by atoms with Gasteiger partial charge in [0.2, 0.25) is 11.8 Å². The molecule has 8 unspecified atom stereocenters. The molecule has 5 rings (SSSR count). The standard InChI is InChI=1S/C22H27N4O5/c1-10-20(29)16-15(21(30)22(10)31-3)14(9-28)26-13(7-23)12-6-11-8-25(4-5-27)18(16)19(26)17(11)24(12)2/h8,11-14,17-19,27-28H,4-6,9H2,1-3H3/q+1/p+1. The van der Waals surface area contributed by atoms with Gasteiger partial charge >= 0.3 is 0 Å². The molecule has 164 valence electrons. The van der Waals surface area contributed by atoms with Crippen molar-refractivity contribution in [3.05, 3.63) is 22.5 Å². The molecular weight excluding hydrogens is 400 g/mol. The van der Waals surface area contributed by atoms with E-state index in [1.54, 1.807) is 6.92 Å². The van der Waals surface area contributed by atoms with Crippen LogP contribution in [0.5, 0.6) is 0 Å². The number of quaternary nitrogens is 1. The number of rotatable bonds is 4. The van der Waals surface area contributed by atoms with Crippen molar-refractivity contribution in [3.63, 3.8) is 0 Å². The van der Waals surface area contributed by atoms with Gasteiger partial charge in [0.25, 0.3) is 0 Å². The van der Waals surface area contributed by atoms with Gasteiger partial charge in [-0.05, 0) is 6.92 Å². The molecule has 3 N–H and O–H groups in total. The number of nitriles is 1. The lowest BCUT2D eigenvalue weighted by atomic mass is 9.70. The summed E-state index contributed by atoms with van der Waals surface area (Å²) in [7, 11) is 3.47. The molecule has 4 heterocycles. The number of nitrogens with one attached hydrogen (secondary N) is 1. The number of Topliss-reactive ketones (excluding diaryl/α,β-unsaturated/α-hetero) is 2. The highest BCUT2D eigenvalue weighted by Gasteiger charge is 2.70. The van der Waals surface area contributed by atoms with Crippen molar-refractivity contribution < 1.29 is 34.0 Å². The fourth-order valence-corrected chi connectivity index (χ4v) is 7.01. The van der Waals surface area contributed by atoms with Crippen LogP contribution < -0.4 is 4.90 Å². The third kappa shape index (κ3) is 2.42. The number of hydrogen-bond donors (Lipinski definition) is 3. The molecule has 0 aromatic carbocycles. The molecule has 0 spiro atoms. The Morgan fingerprint density at radius 2 is 2.06 bits per heavy atom. The molecule has 0 aromatic heterocycles. The number of nitrogens with zero attached hydrogens (tertiary/aromatic N) is 3. The monoisotopic (exact) mass is 428 g/mol. The fraction of sp³-hybridized carbons (Fsp3) is 0.636. The van der Waals surface area contributed by atoms with E-state index in [0.29, 0.717) is 12.1 Å². The molecule has 0 amide bonds. The van der Waals surface area contributed by atoms with E-state index >= 15 is 0 Å². The van der Waals surface area contributed by atoms with Gasteiger partial charge < -0.3 is 19.8 Å². The zero-order valence-electron chi connectivity index (χ0n) is 17.9. The Bertz CT molecular complexity index is 1010. The van der Waals surface area contributed by atoms with Crippen molar-refractivity contribution in [1.82, 2.24) is 4.90 Å². The lowest BCUT2D eigenvalue weighted by molar-refractivity contribution is -0.932. The van der Waals surface area contributed by atoms with E-state index in [2.05, 4.69) is 19.3 Å². The number of allylic oxidation sites excluding steroid dienone is 2. The third-order valence-electron chi connectivity index (χ3n) is 8.10. The molecule has 2 fully saturated rings. The molecule has 31 heavy (non-hydrogen) atoms. The van der Waals surface area contributed by atoms with Crippen molar-refractivity contribution in [2.75, 3.05) is 33.9 Å². The Kier molecular flexibility index (Phi) is 4.68. The number of carbonyl (C=O) groups is 2. The van der Waals surface area contributed by atoms with Gasteiger partial charge in [0.1, 0.15) is 30.9 Å². The first-order valence-corrected chi connectivity index (χ1v) is 10.8. The summed E-state index contributed by atoms with van der Waals surface area (Å²) < 4.78 is 7.28. The molecule has 1 aliphatic carbocycles. The predicted octanol–water partition coefficient (Wildman–Crippen LogP) is -2.96. The van der Waals surface area contributed by atoms with E-state index in [1.165, 1.54) is 12.0 Å². The first kappa shape index (κ1) is 20.5. The van der Waals surface area contributed by atoms with Gasteiger partial charge in [-0.1, -0.05) is 0 Å². The zero-order valence-corrected chi connectivity index (χ0v) is 17.9. The number of likely N-dealkylation sites (N-methyl/N-ethyl adjacent to an activating group) is 1. The summed E-state index contributed by atoms with van der Waals surface area (Å²) in [5.41, 5.74) is 0.895. The number of aliphatic hydroxyl groups is 2. The van der Waals surface area contributed by atoms with Crippen LogP contribution in [0.2, 0.25) is 0 Å². The van der Waals surface area contributed by atoms with Crippen molar-refractivity contribution in [3.8, 4) is 6.07 Å². The zero-order chi connectivity index (χ0) is 22.2. The molecule has 4 aliphatic heterocycles. The van der Waals surface area contributed by atoms with E-state index in [4.69, 9.17) is 4.74 Å². The first-order chi connectivity index (χ1) is 14.9. The molecule has 0 radical (unpaired) electrons. The second-order valence-corrected chi connectivity index (χ2v) is 9.19. The van der Waals surface area contributed by atoms with Gasteiger partial charge in [0, 0.05) is 17.6 Å². The Labute approximate surface area is 180 Å². The number of carbonyl (C=O) groups excluding carboxylic acids is 2. The maximum Gasteiger partial charge on any atom is 0.226 e. The van der Waals surface area contributed by atoms with Crippen LogP contribution in [-0.4, -0.2) is 108 Å². The van der Waals surface area contributed by atoms with Crippen LogP contribution in [0, 0.1) is 17.2 Å². The van der Waals surface area contributed by atoms with Gasteiger partial charge in [-0.15, -0.1) is 0 Å². The number of methoxy groups -OCH3 is 1. The largest absolute Gasteiger partial charge is 0.492 e.